The van der Waals surface area contributed by atoms with Gasteiger partial charge in [0.25, 0.3) is 6.47 Å². The molecule has 0 aromatic rings. The van der Waals surface area contributed by atoms with Gasteiger partial charge in [-0.1, -0.05) is 63.6 Å². The molecule has 5 heteroatoms. The lowest BCUT2D eigenvalue weighted by Gasteiger charge is -2.32. The lowest BCUT2D eigenvalue weighted by Crippen LogP contribution is -2.35. The Bertz CT molecular complexity index is 780. The molecule has 0 spiro atoms. The van der Waals surface area contributed by atoms with Crippen LogP contribution in [0, 0.1) is 17.8 Å². The van der Waals surface area contributed by atoms with Gasteiger partial charge in [-0.25, -0.2) is 0 Å². The summed E-state index contributed by atoms with van der Waals surface area (Å²) in [6, 6.07) is 0. The van der Waals surface area contributed by atoms with Gasteiger partial charge in [-0.05, 0) is 63.0 Å². The maximum atomic E-state index is 10.7. The third kappa shape index (κ3) is 8.16. The molecular formula is C30H48O5. The second kappa shape index (κ2) is 14.8. The quantitative estimate of drug-likeness (QED) is 0.303. The molecular weight excluding hydrogens is 440 g/mol. The molecule has 3 rings (SSSR count). The molecule has 0 aromatic heterocycles. The van der Waals surface area contributed by atoms with Crippen molar-refractivity contribution in [2.75, 3.05) is 6.61 Å². The van der Waals surface area contributed by atoms with Gasteiger partial charge in [0.2, 0.25) is 0 Å². The van der Waals surface area contributed by atoms with Crippen LogP contribution in [0.15, 0.2) is 47.1 Å². The van der Waals surface area contributed by atoms with Gasteiger partial charge >= 0.3 is 0 Å². The number of fused-ring (bicyclic) bond motifs is 1. The molecule has 0 radical (unpaired) electrons. The van der Waals surface area contributed by atoms with Gasteiger partial charge in [0, 0.05) is 18.8 Å². The van der Waals surface area contributed by atoms with Crippen LogP contribution >= 0.6 is 0 Å². The van der Waals surface area contributed by atoms with E-state index in [1.165, 1.54) is 11.1 Å². The van der Waals surface area contributed by atoms with Crippen molar-refractivity contribution >= 4 is 6.47 Å². The number of aliphatic hydroxyl groups is 1. The highest BCUT2D eigenvalue weighted by Crippen LogP contribution is 2.37. The van der Waals surface area contributed by atoms with E-state index in [4.69, 9.17) is 14.2 Å². The first-order valence-electron chi connectivity index (χ1n) is 13.6. The predicted molar refractivity (Wildman–Crippen MR) is 142 cm³/mol. The fraction of sp³-hybridized carbons (Fsp3) is 0.700. The van der Waals surface area contributed by atoms with Crippen molar-refractivity contribution in [1.82, 2.24) is 0 Å². The van der Waals surface area contributed by atoms with Crippen LogP contribution < -0.4 is 0 Å². The molecule has 0 amide bonds. The fourth-order valence-corrected chi connectivity index (χ4v) is 5.69. The molecule has 8 atom stereocenters. The predicted octanol–water partition coefficient (Wildman–Crippen LogP) is 6.33. The Morgan fingerprint density at radius 3 is 2.74 bits per heavy atom. The highest BCUT2D eigenvalue weighted by molar-refractivity contribution is 5.37. The monoisotopic (exact) mass is 488 g/mol. The van der Waals surface area contributed by atoms with Gasteiger partial charge in [0.05, 0.1) is 24.9 Å². The second-order valence-electron chi connectivity index (χ2n) is 10.1. The molecule has 2 heterocycles. The average Bonchev–Trinajstić information content (AvgIpc) is 3.25. The van der Waals surface area contributed by atoms with E-state index in [9.17, 15) is 9.90 Å². The van der Waals surface area contributed by atoms with Crippen molar-refractivity contribution in [3.63, 3.8) is 0 Å². The Kier molecular flexibility index (Phi) is 12.5. The van der Waals surface area contributed by atoms with Crippen molar-refractivity contribution < 1.29 is 24.1 Å². The topological polar surface area (TPSA) is 65.0 Å². The average molecular weight is 489 g/mol. The summed E-state index contributed by atoms with van der Waals surface area (Å²) in [6.07, 6.45) is 15.1. The minimum absolute atomic E-state index is 0.0364. The molecule has 198 valence electrons. The number of hydrogen-bond donors (Lipinski definition) is 1. The molecule has 2 fully saturated rings. The van der Waals surface area contributed by atoms with E-state index in [1.54, 1.807) is 0 Å². The number of aliphatic hydroxyl groups excluding tert-OH is 1. The summed E-state index contributed by atoms with van der Waals surface area (Å²) >= 11 is 0. The van der Waals surface area contributed by atoms with Crippen molar-refractivity contribution in [3.05, 3.63) is 47.1 Å². The summed E-state index contributed by atoms with van der Waals surface area (Å²) in [5, 5.41) is 10.4. The highest BCUT2D eigenvalue weighted by atomic mass is 16.5. The molecule has 0 saturated carbocycles. The number of allylic oxidation sites excluding steroid dienone is 5. The molecule has 5 nitrogen and oxygen atoms in total. The van der Waals surface area contributed by atoms with Crippen LogP contribution in [0.25, 0.3) is 0 Å². The third-order valence-corrected chi connectivity index (χ3v) is 7.67. The smallest absolute Gasteiger partial charge is 0.293 e. The number of hydrogen-bond acceptors (Lipinski definition) is 5. The summed E-state index contributed by atoms with van der Waals surface area (Å²) in [5.74, 6) is 1.17. The normalized spacial score (nSPS) is 34.0. The Labute approximate surface area is 213 Å². The van der Waals surface area contributed by atoms with Gasteiger partial charge in [0.15, 0.2) is 0 Å². The third-order valence-electron chi connectivity index (χ3n) is 7.67. The molecule has 2 saturated heterocycles. The lowest BCUT2D eigenvalue weighted by atomic mass is 9.82. The standard InChI is InChI=1S/C28H42O5.C2H6/c1-6-25(19(3)10-12-23-15-24(32-17-29)14-21(5)33-23)18(2)8-7-9-22-16-31-28-26(22)13-11-20(4)27(28)30;1-2/h7-11,17-18,21,23-28,30H,6,12-16H2,1-5H3;1-2H3/b8-7+,19-10+,22-9+;/t18-,21?,23?,24?,25-,26?,27?,28?;/m0./s1. The van der Waals surface area contributed by atoms with Crippen molar-refractivity contribution in [2.45, 2.75) is 111 Å². The SMILES string of the molecule is CC.CC[C@H](/C(C)=C/CC1CC(OC=O)CC(C)O1)[C@@H](C)/C=C/C=C1\COC2C(O)C(C)=CCC12. The molecule has 35 heavy (non-hydrogen) atoms. The van der Waals surface area contributed by atoms with Gasteiger partial charge in [-0.2, -0.15) is 0 Å². The van der Waals surface area contributed by atoms with Crippen LogP contribution in [-0.4, -0.2) is 48.7 Å². The van der Waals surface area contributed by atoms with E-state index in [0.717, 1.165) is 37.7 Å². The Morgan fingerprint density at radius 1 is 1.31 bits per heavy atom. The molecule has 2 aliphatic heterocycles. The Hall–Kier alpha value is -1.69. The van der Waals surface area contributed by atoms with Crippen molar-refractivity contribution in [3.8, 4) is 0 Å². The van der Waals surface area contributed by atoms with E-state index in [1.807, 2.05) is 27.7 Å². The maximum absolute atomic E-state index is 10.7. The minimum Gasteiger partial charge on any atom is -0.464 e. The summed E-state index contributed by atoms with van der Waals surface area (Å²) in [5.41, 5.74) is 3.69. The molecule has 1 aliphatic carbocycles. The van der Waals surface area contributed by atoms with Gasteiger partial charge in [0.1, 0.15) is 12.2 Å². The van der Waals surface area contributed by atoms with E-state index in [-0.39, 0.29) is 30.3 Å². The second-order valence-corrected chi connectivity index (χ2v) is 10.1. The zero-order chi connectivity index (χ0) is 26.0. The molecule has 1 N–H and O–H groups in total. The van der Waals surface area contributed by atoms with Gasteiger partial charge < -0.3 is 19.3 Å². The first-order valence-corrected chi connectivity index (χ1v) is 13.6. The van der Waals surface area contributed by atoms with E-state index in [2.05, 4.69) is 51.2 Å². The number of ether oxygens (including phenoxy) is 3. The maximum Gasteiger partial charge on any atom is 0.293 e. The van der Waals surface area contributed by atoms with Gasteiger partial charge in [-0.3, -0.25) is 4.79 Å². The van der Waals surface area contributed by atoms with Crippen LogP contribution in [0.5, 0.6) is 0 Å². The van der Waals surface area contributed by atoms with Crippen LogP contribution in [0.3, 0.4) is 0 Å². The molecule has 6 unspecified atom stereocenters. The van der Waals surface area contributed by atoms with E-state index < -0.39 is 6.10 Å². The first kappa shape index (κ1) is 29.5. The first-order chi connectivity index (χ1) is 16.8. The van der Waals surface area contributed by atoms with E-state index >= 15 is 0 Å². The Balaban J connectivity index is 0.00000210. The molecule has 0 aromatic carbocycles. The fourth-order valence-electron chi connectivity index (χ4n) is 5.69. The van der Waals surface area contributed by atoms with Crippen LogP contribution in [0.1, 0.15) is 80.6 Å². The minimum atomic E-state index is -0.480. The van der Waals surface area contributed by atoms with Crippen molar-refractivity contribution in [2.24, 2.45) is 17.8 Å². The summed E-state index contributed by atoms with van der Waals surface area (Å²) in [7, 11) is 0. The van der Waals surface area contributed by atoms with Crippen LogP contribution in [0.4, 0.5) is 0 Å². The van der Waals surface area contributed by atoms with E-state index in [0.29, 0.717) is 24.9 Å². The largest absolute Gasteiger partial charge is 0.464 e. The highest BCUT2D eigenvalue weighted by Gasteiger charge is 2.39. The zero-order valence-corrected chi connectivity index (χ0v) is 22.9. The summed E-state index contributed by atoms with van der Waals surface area (Å²) in [6.45, 7) is 15.9. The van der Waals surface area contributed by atoms with Gasteiger partial charge in [-0.15, -0.1) is 0 Å². The van der Waals surface area contributed by atoms with Crippen LogP contribution in [0.2, 0.25) is 0 Å². The summed E-state index contributed by atoms with van der Waals surface area (Å²) in [4.78, 5) is 10.7. The number of rotatable bonds is 9. The number of carbonyl (C=O) groups excluding carboxylic acids is 1. The lowest BCUT2D eigenvalue weighted by molar-refractivity contribution is -0.145. The zero-order valence-electron chi connectivity index (χ0n) is 22.9. The molecule has 3 aliphatic rings. The van der Waals surface area contributed by atoms with Crippen LogP contribution in [-0.2, 0) is 19.0 Å². The molecule has 0 bridgehead atoms. The Morgan fingerprint density at radius 2 is 2.06 bits per heavy atom. The number of carbonyl (C=O) groups is 1. The summed E-state index contributed by atoms with van der Waals surface area (Å²) < 4.78 is 17.2. The van der Waals surface area contributed by atoms with Crippen molar-refractivity contribution in [1.29, 1.82) is 0 Å².